The summed E-state index contributed by atoms with van der Waals surface area (Å²) in [5.74, 6) is 1.48. The summed E-state index contributed by atoms with van der Waals surface area (Å²) in [4.78, 5) is 21.9. The van der Waals surface area contributed by atoms with E-state index < -0.39 is 0 Å². The lowest BCUT2D eigenvalue weighted by Crippen LogP contribution is -2.48. The van der Waals surface area contributed by atoms with Crippen LogP contribution in [0.15, 0.2) is 30.3 Å². The van der Waals surface area contributed by atoms with Gasteiger partial charge in [0.2, 0.25) is 5.91 Å². The fourth-order valence-corrected chi connectivity index (χ4v) is 4.58. The van der Waals surface area contributed by atoms with Gasteiger partial charge in [0.25, 0.3) is 0 Å². The summed E-state index contributed by atoms with van der Waals surface area (Å²) in [6.07, 6.45) is 1.69. The monoisotopic (exact) mass is 362 g/mol. The zero-order valence-corrected chi connectivity index (χ0v) is 16.1. The number of piperidine rings is 1. The predicted molar refractivity (Wildman–Crippen MR) is 105 cm³/mol. The second kappa shape index (κ2) is 7.28. The Morgan fingerprint density at radius 2 is 2.04 bits per heavy atom. The van der Waals surface area contributed by atoms with Crippen molar-refractivity contribution < 1.29 is 4.79 Å². The summed E-state index contributed by atoms with van der Waals surface area (Å²) in [5, 5.41) is 10.4. The third-order valence-electron chi connectivity index (χ3n) is 5.90. The molecule has 0 N–H and O–H groups in total. The zero-order valence-electron chi connectivity index (χ0n) is 16.1. The minimum absolute atomic E-state index is 0.234. The molecule has 0 bridgehead atoms. The van der Waals surface area contributed by atoms with Gasteiger partial charge in [-0.2, -0.15) is 5.26 Å². The number of likely N-dealkylation sites (tertiary alicyclic amines) is 2. The lowest BCUT2D eigenvalue weighted by atomic mass is 9.86. The van der Waals surface area contributed by atoms with E-state index in [1.165, 1.54) is 0 Å². The van der Waals surface area contributed by atoms with E-state index in [2.05, 4.69) is 31.0 Å². The number of hydrogen-bond acceptors (Lipinski definition) is 4. The maximum absolute atomic E-state index is 12.8. The smallest absolute Gasteiger partial charge is 0.222 e. The number of amides is 1. The quantitative estimate of drug-likeness (QED) is 0.842. The highest BCUT2D eigenvalue weighted by Gasteiger charge is 2.32. The van der Waals surface area contributed by atoms with E-state index >= 15 is 0 Å². The van der Waals surface area contributed by atoms with E-state index in [0.29, 0.717) is 23.8 Å². The van der Waals surface area contributed by atoms with Gasteiger partial charge in [0.05, 0.1) is 11.1 Å². The van der Waals surface area contributed by atoms with E-state index in [4.69, 9.17) is 4.98 Å². The van der Waals surface area contributed by atoms with Crippen LogP contribution in [0, 0.1) is 23.2 Å². The van der Waals surface area contributed by atoms with Crippen molar-refractivity contribution in [2.45, 2.75) is 25.7 Å². The first-order chi connectivity index (χ1) is 13.0. The summed E-state index contributed by atoms with van der Waals surface area (Å²) in [5.41, 5.74) is 2.38. The van der Waals surface area contributed by atoms with Crippen molar-refractivity contribution in [1.82, 2.24) is 14.8 Å². The molecule has 5 heteroatoms. The van der Waals surface area contributed by atoms with Crippen LogP contribution in [0.1, 0.15) is 36.9 Å². The zero-order chi connectivity index (χ0) is 19.0. The van der Waals surface area contributed by atoms with Crippen LogP contribution in [0.5, 0.6) is 0 Å². The van der Waals surface area contributed by atoms with Crippen LogP contribution in [0.2, 0.25) is 0 Å². The highest BCUT2D eigenvalue weighted by atomic mass is 16.2. The van der Waals surface area contributed by atoms with Crippen molar-refractivity contribution in [3.8, 4) is 6.07 Å². The Kier molecular flexibility index (Phi) is 4.84. The molecule has 0 spiro atoms. The van der Waals surface area contributed by atoms with Crippen LogP contribution >= 0.6 is 0 Å². The highest BCUT2D eigenvalue weighted by molar-refractivity contribution is 5.84. The Balaban J connectivity index is 1.53. The average molecular weight is 362 g/mol. The molecule has 2 aliphatic heterocycles. The number of carbonyl (C=O) groups excluding carboxylic acids is 1. The lowest BCUT2D eigenvalue weighted by Gasteiger charge is -2.40. The van der Waals surface area contributed by atoms with E-state index in [1.807, 2.05) is 29.2 Å². The number of hydrogen-bond donors (Lipinski definition) is 0. The maximum Gasteiger partial charge on any atom is 0.222 e. The Bertz CT molecular complexity index is 897. The molecule has 0 saturated carbocycles. The molecule has 0 radical (unpaired) electrons. The maximum atomic E-state index is 12.8. The molecule has 2 saturated heterocycles. The topological polar surface area (TPSA) is 60.2 Å². The van der Waals surface area contributed by atoms with Gasteiger partial charge in [-0.3, -0.25) is 9.78 Å². The second-order valence-electron chi connectivity index (χ2n) is 8.35. The van der Waals surface area contributed by atoms with Gasteiger partial charge in [0.1, 0.15) is 6.07 Å². The molecular weight excluding hydrogens is 336 g/mol. The first-order valence-corrected chi connectivity index (χ1v) is 9.79. The molecule has 27 heavy (non-hydrogen) atoms. The van der Waals surface area contributed by atoms with Gasteiger partial charge < -0.3 is 9.80 Å². The summed E-state index contributed by atoms with van der Waals surface area (Å²) in [6, 6.07) is 12.1. The van der Waals surface area contributed by atoms with Crippen LogP contribution in [0.4, 0.5) is 0 Å². The third-order valence-corrected chi connectivity index (χ3v) is 5.90. The summed E-state index contributed by atoms with van der Waals surface area (Å²) in [7, 11) is 2.10. The highest BCUT2D eigenvalue weighted by Crippen LogP contribution is 2.31. The van der Waals surface area contributed by atoms with Crippen LogP contribution in [0.25, 0.3) is 10.9 Å². The van der Waals surface area contributed by atoms with Gasteiger partial charge in [0, 0.05) is 49.6 Å². The fourth-order valence-electron chi connectivity index (χ4n) is 4.58. The number of aromatic nitrogens is 1. The molecule has 2 unspecified atom stereocenters. The van der Waals surface area contributed by atoms with Crippen LogP contribution < -0.4 is 0 Å². The van der Waals surface area contributed by atoms with Crippen LogP contribution in [-0.2, 0) is 4.79 Å². The van der Waals surface area contributed by atoms with Crippen molar-refractivity contribution in [2.75, 3.05) is 33.2 Å². The number of fused-ring (bicyclic) bond motifs is 1. The van der Waals surface area contributed by atoms with Crippen molar-refractivity contribution in [2.24, 2.45) is 11.8 Å². The van der Waals surface area contributed by atoms with Gasteiger partial charge in [-0.25, -0.2) is 0 Å². The van der Waals surface area contributed by atoms with Crippen LogP contribution in [-0.4, -0.2) is 53.9 Å². The van der Waals surface area contributed by atoms with E-state index in [0.717, 1.165) is 49.2 Å². The molecule has 2 fully saturated rings. The number of nitrogens with zero attached hydrogens (tertiary/aromatic N) is 4. The number of rotatable bonds is 3. The van der Waals surface area contributed by atoms with Gasteiger partial charge in [-0.05, 0) is 37.4 Å². The molecule has 140 valence electrons. The predicted octanol–water partition coefficient (Wildman–Crippen LogP) is 3.01. The molecule has 1 aromatic carbocycles. The standard InChI is InChI=1S/C22H26N4O/c1-15-8-19(14-26(11-15)21(27)9-16-12-25(2)13-16)20-7-6-17-4-3-5-18(10-23)22(17)24-20/h3-7,15-16,19H,8-9,11-14H2,1-2H3. The Morgan fingerprint density at radius 3 is 2.78 bits per heavy atom. The Morgan fingerprint density at radius 1 is 1.22 bits per heavy atom. The van der Waals surface area contributed by atoms with E-state index in [1.54, 1.807) is 0 Å². The average Bonchev–Trinajstić information content (AvgIpc) is 2.65. The Labute approximate surface area is 160 Å². The molecule has 1 amide bonds. The number of carbonyl (C=O) groups is 1. The molecule has 2 aliphatic rings. The minimum Gasteiger partial charge on any atom is -0.342 e. The van der Waals surface area contributed by atoms with Crippen molar-refractivity contribution in [1.29, 1.82) is 5.26 Å². The molecule has 2 atom stereocenters. The normalized spacial score (nSPS) is 23.8. The van der Waals surface area contributed by atoms with Gasteiger partial charge in [-0.1, -0.05) is 25.1 Å². The molecule has 1 aromatic heterocycles. The molecule has 4 rings (SSSR count). The summed E-state index contributed by atoms with van der Waals surface area (Å²) < 4.78 is 0. The van der Waals surface area contributed by atoms with Crippen molar-refractivity contribution in [3.05, 3.63) is 41.6 Å². The Hall–Kier alpha value is -2.45. The lowest BCUT2D eigenvalue weighted by molar-refractivity contribution is -0.135. The third kappa shape index (κ3) is 3.68. The first-order valence-electron chi connectivity index (χ1n) is 9.79. The van der Waals surface area contributed by atoms with Gasteiger partial charge in [-0.15, -0.1) is 0 Å². The van der Waals surface area contributed by atoms with Crippen molar-refractivity contribution in [3.63, 3.8) is 0 Å². The van der Waals surface area contributed by atoms with Gasteiger partial charge >= 0.3 is 0 Å². The molecule has 2 aromatic rings. The number of pyridine rings is 1. The molecular formula is C22H26N4O. The van der Waals surface area contributed by atoms with E-state index in [-0.39, 0.29) is 11.8 Å². The fraction of sp³-hybridized carbons (Fsp3) is 0.500. The summed E-state index contributed by atoms with van der Waals surface area (Å²) in [6.45, 7) is 5.85. The second-order valence-corrected chi connectivity index (χ2v) is 8.35. The van der Waals surface area contributed by atoms with Gasteiger partial charge in [0.15, 0.2) is 0 Å². The number of nitriles is 1. The molecule has 5 nitrogen and oxygen atoms in total. The summed E-state index contributed by atoms with van der Waals surface area (Å²) >= 11 is 0. The minimum atomic E-state index is 0.234. The van der Waals surface area contributed by atoms with E-state index in [9.17, 15) is 10.1 Å². The molecule has 3 heterocycles. The van der Waals surface area contributed by atoms with Crippen molar-refractivity contribution >= 4 is 16.8 Å². The SMILES string of the molecule is CC1CC(c2ccc3cccc(C#N)c3n2)CN(C(=O)CC2CN(C)C2)C1. The first kappa shape index (κ1) is 17.9. The molecule has 0 aliphatic carbocycles. The number of para-hydroxylation sites is 1. The number of benzene rings is 1. The van der Waals surface area contributed by atoms with Crippen LogP contribution in [0.3, 0.4) is 0 Å². The largest absolute Gasteiger partial charge is 0.342 e.